The van der Waals surface area contributed by atoms with E-state index in [4.69, 9.17) is 10.5 Å². The van der Waals surface area contributed by atoms with Crippen LogP contribution in [0.3, 0.4) is 0 Å². The van der Waals surface area contributed by atoms with E-state index in [1.807, 2.05) is 42.5 Å². The number of carboxylic acids is 1. The lowest BCUT2D eigenvalue weighted by Gasteiger charge is -2.16. The van der Waals surface area contributed by atoms with Crippen LogP contribution in [0.15, 0.2) is 53.5 Å². The maximum absolute atomic E-state index is 13.2. The van der Waals surface area contributed by atoms with Crippen molar-refractivity contribution in [2.45, 2.75) is 44.8 Å². The van der Waals surface area contributed by atoms with E-state index in [0.29, 0.717) is 40.9 Å². The fourth-order valence-electron chi connectivity index (χ4n) is 4.00. The number of fused-ring (bicyclic) bond motifs is 1. The number of hydrogen-bond acceptors (Lipinski definition) is 9. The molecule has 38 heavy (non-hydrogen) atoms. The van der Waals surface area contributed by atoms with Gasteiger partial charge in [-0.2, -0.15) is 0 Å². The lowest BCUT2D eigenvalue weighted by atomic mass is 9.95. The molecule has 0 saturated carbocycles. The van der Waals surface area contributed by atoms with Crippen molar-refractivity contribution in [2.75, 3.05) is 17.6 Å². The molecule has 0 bridgehead atoms. The van der Waals surface area contributed by atoms with Crippen LogP contribution in [-0.2, 0) is 25.7 Å². The number of carbonyl (C=O) groups is 3. The highest BCUT2D eigenvalue weighted by Gasteiger charge is 2.27. The van der Waals surface area contributed by atoms with E-state index in [2.05, 4.69) is 15.3 Å². The monoisotopic (exact) mass is 554 g/mol. The maximum Gasteiger partial charge on any atom is 0.329 e. The van der Waals surface area contributed by atoms with Crippen LogP contribution in [-0.4, -0.2) is 51.3 Å². The molecule has 9 nitrogen and oxygen atoms in total. The first-order chi connectivity index (χ1) is 18.4. The second-order valence-corrected chi connectivity index (χ2v) is 11.0. The van der Waals surface area contributed by atoms with Gasteiger partial charge in [0.05, 0.1) is 10.2 Å². The summed E-state index contributed by atoms with van der Waals surface area (Å²) in [5.74, 6) is -1.38. The number of anilines is 1. The Balaban J connectivity index is 1.37. The van der Waals surface area contributed by atoms with Crippen molar-refractivity contribution in [3.8, 4) is 0 Å². The van der Waals surface area contributed by atoms with Crippen LogP contribution in [0, 0.1) is 5.92 Å². The summed E-state index contributed by atoms with van der Waals surface area (Å²) in [6.07, 6.45) is 2.77. The number of ether oxygens (including phenoxy) is 1. The van der Waals surface area contributed by atoms with Crippen LogP contribution >= 0.6 is 23.1 Å². The van der Waals surface area contributed by atoms with Crippen molar-refractivity contribution >= 4 is 61.9 Å². The molecule has 0 aliphatic carbocycles. The van der Waals surface area contributed by atoms with Crippen LogP contribution in [0.5, 0.6) is 0 Å². The third-order valence-electron chi connectivity index (χ3n) is 6.09. The topological polar surface area (TPSA) is 144 Å². The molecule has 4 N–H and O–H groups in total. The summed E-state index contributed by atoms with van der Waals surface area (Å²) in [6.45, 7) is 0.761. The van der Waals surface area contributed by atoms with E-state index >= 15 is 0 Å². The number of thiazole rings is 1. The molecular weight excluding hydrogens is 524 g/mol. The zero-order valence-corrected chi connectivity index (χ0v) is 22.4. The molecule has 1 aliphatic rings. The fourth-order valence-corrected chi connectivity index (χ4v) is 6.10. The number of unbranched alkanes of at least 4 members (excludes halogenated alkanes) is 1. The van der Waals surface area contributed by atoms with E-state index in [1.54, 1.807) is 6.07 Å². The third-order valence-corrected chi connectivity index (χ3v) is 8.30. The van der Waals surface area contributed by atoms with Crippen LogP contribution in [0.25, 0.3) is 10.2 Å². The molecule has 4 rings (SSSR count). The van der Waals surface area contributed by atoms with Gasteiger partial charge in [0.25, 0.3) is 0 Å². The van der Waals surface area contributed by atoms with Crippen LogP contribution in [0.2, 0.25) is 0 Å². The number of carbonyl (C=O) groups excluding carboxylic acids is 2. The van der Waals surface area contributed by atoms with Gasteiger partial charge >= 0.3 is 11.9 Å². The molecule has 1 aliphatic heterocycles. The Labute approximate surface area is 228 Å². The summed E-state index contributed by atoms with van der Waals surface area (Å²) >= 11 is 2.80. The Kier molecular flexibility index (Phi) is 9.85. The number of rotatable bonds is 13. The number of aliphatic carboxylic acids is 1. The predicted molar refractivity (Wildman–Crippen MR) is 151 cm³/mol. The summed E-state index contributed by atoms with van der Waals surface area (Å²) in [7, 11) is 0. The first-order valence-corrected chi connectivity index (χ1v) is 14.3. The number of carboxylic acid groups (broad SMARTS) is 1. The Morgan fingerprint density at radius 1 is 1.13 bits per heavy atom. The summed E-state index contributed by atoms with van der Waals surface area (Å²) in [5, 5.41) is 13.5. The van der Waals surface area contributed by atoms with Crippen molar-refractivity contribution in [1.29, 1.82) is 0 Å². The highest BCUT2D eigenvalue weighted by molar-refractivity contribution is 8.15. The number of thioether (sulfide) groups is 1. The molecule has 0 saturated heterocycles. The Morgan fingerprint density at radius 2 is 1.95 bits per heavy atom. The molecule has 0 fully saturated rings. The van der Waals surface area contributed by atoms with Crippen LogP contribution in [0.4, 0.5) is 5.69 Å². The first kappa shape index (κ1) is 27.7. The average molecular weight is 555 g/mol. The minimum Gasteiger partial charge on any atom is -0.480 e. The quantitative estimate of drug-likeness (QED) is 0.208. The molecule has 200 valence electrons. The van der Waals surface area contributed by atoms with Crippen molar-refractivity contribution < 1.29 is 24.2 Å². The second kappa shape index (κ2) is 13.5. The van der Waals surface area contributed by atoms with E-state index < -0.39 is 12.0 Å². The summed E-state index contributed by atoms with van der Waals surface area (Å²) < 4.78 is 6.24. The van der Waals surface area contributed by atoms with E-state index in [-0.39, 0.29) is 30.8 Å². The number of hydrogen-bond donors (Lipinski definition) is 3. The molecule has 1 amide bonds. The van der Waals surface area contributed by atoms with Crippen LogP contribution < -0.4 is 11.1 Å². The second-order valence-electron chi connectivity index (χ2n) is 8.96. The standard InChI is InChI=1S/C27H30N4O5S2/c28-13-5-4-8-18(9-12-23(32)36-15-17-6-2-1-3-7-17)24(33)29-19-10-11-20-22(14-19)38-26(30-20)25-31-21(16-37-25)27(34)35/h1-3,6-7,10-11,14,18,21H,4-5,8-9,12-13,15-16,28H2,(H,29,33)(H,34,35)/t18-,21-/m1/s1. The Bertz CT molecular complexity index is 1310. The van der Waals surface area contributed by atoms with Crippen molar-refractivity contribution in [2.24, 2.45) is 16.6 Å². The summed E-state index contributed by atoms with van der Waals surface area (Å²) in [6, 6.07) is 14.2. The largest absolute Gasteiger partial charge is 0.480 e. The molecule has 2 aromatic carbocycles. The normalized spacial score (nSPS) is 15.7. The zero-order valence-electron chi connectivity index (χ0n) is 20.8. The van der Waals surface area contributed by atoms with Gasteiger partial charge in [-0.1, -0.05) is 36.8 Å². The number of nitrogens with one attached hydrogen (secondary N) is 1. The van der Waals surface area contributed by atoms with Gasteiger partial charge in [-0.15, -0.1) is 23.1 Å². The zero-order chi connectivity index (χ0) is 26.9. The van der Waals surface area contributed by atoms with Gasteiger partial charge < -0.3 is 20.9 Å². The number of esters is 1. The van der Waals surface area contributed by atoms with Crippen LogP contribution in [0.1, 0.15) is 42.7 Å². The minimum absolute atomic E-state index is 0.151. The minimum atomic E-state index is -0.941. The first-order valence-electron chi connectivity index (χ1n) is 12.5. The smallest absolute Gasteiger partial charge is 0.329 e. The highest BCUT2D eigenvalue weighted by atomic mass is 32.2. The molecule has 11 heteroatoms. The van der Waals surface area contributed by atoms with Gasteiger partial charge in [-0.25, -0.2) is 9.78 Å². The highest BCUT2D eigenvalue weighted by Crippen LogP contribution is 2.31. The Hall–Kier alpha value is -3.28. The van der Waals surface area contributed by atoms with Gasteiger partial charge in [0, 0.05) is 23.8 Å². The lowest BCUT2D eigenvalue weighted by Crippen LogP contribution is -2.24. The van der Waals surface area contributed by atoms with Gasteiger partial charge in [0.15, 0.2) is 6.04 Å². The van der Waals surface area contributed by atoms with E-state index in [1.165, 1.54) is 23.1 Å². The number of nitrogens with two attached hydrogens (primary N) is 1. The van der Waals surface area contributed by atoms with Crippen molar-refractivity contribution in [3.63, 3.8) is 0 Å². The van der Waals surface area contributed by atoms with Crippen molar-refractivity contribution in [1.82, 2.24) is 4.98 Å². The van der Waals surface area contributed by atoms with Crippen molar-refractivity contribution in [3.05, 3.63) is 59.1 Å². The van der Waals surface area contributed by atoms with E-state index in [9.17, 15) is 19.5 Å². The summed E-state index contributed by atoms with van der Waals surface area (Å²) in [5.41, 5.74) is 7.94. The number of benzene rings is 2. The molecular formula is C27H30N4O5S2. The number of amides is 1. The third kappa shape index (κ3) is 7.62. The van der Waals surface area contributed by atoms with Gasteiger partial charge in [-0.3, -0.25) is 14.6 Å². The van der Waals surface area contributed by atoms with E-state index in [0.717, 1.165) is 28.6 Å². The maximum atomic E-state index is 13.2. The SMILES string of the molecule is NCCCC[C@H](CCC(=O)OCc1ccccc1)C(=O)Nc1ccc2nc(C3=N[C@@H](C(=O)O)CS3)sc2c1. The van der Waals surface area contributed by atoms with Gasteiger partial charge in [0.1, 0.15) is 16.7 Å². The molecule has 2 heterocycles. The number of aliphatic imine (C=N–C) groups is 1. The molecule has 1 aromatic heterocycles. The lowest BCUT2D eigenvalue weighted by molar-refractivity contribution is -0.145. The van der Waals surface area contributed by atoms with Gasteiger partial charge in [-0.05, 0) is 49.6 Å². The molecule has 0 spiro atoms. The summed E-state index contributed by atoms with van der Waals surface area (Å²) in [4.78, 5) is 45.5. The number of aromatic nitrogens is 1. The van der Waals surface area contributed by atoms with Gasteiger partial charge in [0.2, 0.25) is 5.91 Å². The molecule has 2 atom stereocenters. The molecule has 0 radical (unpaired) electrons. The fraction of sp³-hybridized carbons (Fsp3) is 0.370. The average Bonchev–Trinajstić information content (AvgIpc) is 3.57. The number of nitrogens with zero attached hydrogens (tertiary/aromatic N) is 2. The molecule has 0 unspecified atom stereocenters. The Morgan fingerprint density at radius 3 is 2.68 bits per heavy atom. The predicted octanol–water partition coefficient (Wildman–Crippen LogP) is 4.45. The molecule has 3 aromatic rings.